The van der Waals surface area contributed by atoms with E-state index >= 15 is 0 Å². The molecule has 0 saturated heterocycles. The van der Waals surface area contributed by atoms with Crippen LogP contribution in [0.2, 0.25) is 0 Å². The maximum absolute atomic E-state index is 12.0. The highest BCUT2D eigenvalue weighted by atomic mass is 16.1. The summed E-state index contributed by atoms with van der Waals surface area (Å²) in [6.07, 6.45) is 4.97. The molecule has 0 atom stereocenters. The molecule has 1 amide bonds. The maximum Gasteiger partial charge on any atom is 0.217 e. The van der Waals surface area contributed by atoms with Crippen molar-refractivity contribution in [1.29, 1.82) is 0 Å². The number of imidazole rings is 1. The molecule has 2 aromatic heterocycles. The van der Waals surface area contributed by atoms with E-state index in [0.29, 0.717) is 11.4 Å². The van der Waals surface area contributed by atoms with Crippen molar-refractivity contribution in [2.75, 3.05) is 0 Å². The van der Waals surface area contributed by atoms with Crippen LogP contribution in [-0.2, 0) is 11.3 Å². The molecule has 2 N–H and O–H groups in total. The summed E-state index contributed by atoms with van der Waals surface area (Å²) in [7, 11) is 0. The lowest BCUT2D eigenvalue weighted by molar-refractivity contribution is -0.119. The van der Waals surface area contributed by atoms with Gasteiger partial charge in [0, 0.05) is 31.1 Å². The largest absolute Gasteiger partial charge is 0.352 e. The Kier molecular flexibility index (Phi) is 5.71. The molecule has 0 radical (unpaired) electrons. The second-order valence-electron chi connectivity index (χ2n) is 4.02. The minimum absolute atomic E-state index is 0.108. The summed E-state index contributed by atoms with van der Waals surface area (Å²) in [6.45, 7) is 7.42. The molecule has 0 aliphatic carbocycles. The smallest absolute Gasteiger partial charge is 0.217 e. The molecule has 2 rings (SSSR count). The van der Waals surface area contributed by atoms with Crippen molar-refractivity contribution in [3.8, 4) is 5.82 Å². The second-order valence-corrected chi connectivity index (χ2v) is 4.02. The molecule has 0 fully saturated rings. The number of aromatic nitrogens is 3. The first-order valence-electron chi connectivity index (χ1n) is 6.53. The van der Waals surface area contributed by atoms with Gasteiger partial charge in [0.05, 0.1) is 12.1 Å². The summed E-state index contributed by atoms with van der Waals surface area (Å²) in [5.41, 5.74) is 1.16. The molecule has 0 saturated carbocycles. The molecule has 0 aromatic carbocycles. The quantitative estimate of drug-likeness (QED) is 0.892. The van der Waals surface area contributed by atoms with E-state index in [4.69, 9.17) is 0 Å². The van der Waals surface area contributed by atoms with E-state index in [1.807, 2.05) is 20.8 Å². The third-order valence-corrected chi connectivity index (χ3v) is 2.52. The summed E-state index contributed by atoms with van der Waals surface area (Å²) in [6, 6.07) is 1.51. The van der Waals surface area contributed by atoms with Crippen molar-refractivity contribution in [3.05, 3.63) is 46.3 Å². The average molecular weight is 276 g/mol. The fourth-order valence-corrected chi connectivity index (χ4v) is 1.69. The van der Waals surface area contributed by atoms with Crippen molar-refractivity contribution in [1.82, 2.24) is 19.9 Å². The Hall–Kier alpha value is -2.37. The second kappa shape index (κ2) is 7.28. The molecule has 0 aliphatic heterocycles. The summed E-state index contributed by atoms with van der Waals surface area (Å²) in [5, 5.41) is 2.63. The molecule has 108 valence electrons. The maximum atomic E-state index is 12.0. The summed E-state index contributed by atoms with van der Waals surface area (Å²) >= 11 is 0. The van der Waals surface area contributed by atoms with Crippen LogP contribution in [0.5, 0.6) is 0 Å². The topological polar surface area (TPSA) is 79.8 Å². The zero-order valence-corrected chi connectivity index (χ0v) is 12.2. The molecule has 2 aromatic rings. The Bertz CT molecular complexity index is 615. The third-order valence-electron chi connectivity index (χ3n) is 2.52. The van der Waals surface area contributed by atoms with E-state index in [0.717, 1.165) is 5.69 Å². The molecule has 20 heavy (non-hydrogen) atoms. The van der Waals surface area contributed by atoms with Crippen LogP contribution in [0.4, 0.5) is 0 Å². The van der Waals surface area contributed by atoms with Gasteiger partial charge in [0.15, 0.2) is 5.43 Å². The predicted molar refractivity (Wildman–Crippen MR) is 77.8 cm³/mol. The Balaban J connectivity index is 0.000000956. The average Bonchev–Trinajstić information content (AvgIpc) is 2.92. The number of hydrogen-bond donors (Lipinski definition) is 2. The molecule has 0 bridgehead atoms. The van der Waals surface area contributed by atoms with E-state index in [9.17, 15) is 9.59 Å². The van der Waals surface area contributed by atoms with Gasteiger partial charge >= 0.3 is 0 Å². The van der Waals surface area contributed by atoms with Crippen molar-refractivity contribution in [3.63, 3.8) is 0 Å². The normalized spacial score (nSPS) is 9.60. The van der Waals surface area contributed by atoms with Crippen molar-refractivity contribution >= 4 is 5.91 Å². The third kappa shape index (κ3) is 3.81. The lowest BCUT2D eigenvalue weighted by Crippen LogP contribution is -2.25. The number of pyridine rings is 1. The standard InChI is InChI=1S/C12H14N4O2.C2H6/c1-8-5-11(18)10(6-14-9(2)17)12(15-8)16-4-3-13-7-16;1-2/h3-5,7H,6H2,1-2H3,(H,14,17)(H,15,18);1-2H3. The molecular weight excluding hydrogens is 256 g/mol. The highest BCUT2D eigenvalue weighted by Gasteiger charge is 2.10. The lowest BCUT2D eigenvalue weighted by atomic mass is 10.2. The van der Waals surface area contributed by atoms with E-state index in [1.54, 1.807) is 23.3 Å². The number of nitrogens with one attached hydrogen (secondary N) is 2. The van der Waals surface area contributed by atoms with E-state index in [1.165, 1.54) is 13.0 Å². The van der Waals surface area contributed by atoms with Gasteiger partial charge in [0.1, 0.15) is 12.1 Å². The number of amides is 1. The first kappa shape index (κ1) is 15.7. The van der Waals surface area contributed by atoms with Crippen LogP contribution < -0.4 is 10.7 Å². The van der Waals surface area contributed by atoms with Crippen LogP contribution in [-0.4, -0.2) is 20.4 Å². The van der Waals surface area contributed by atoms with E-state index in [-0.39, 0.29) is 17.9 Å². The van der Waals surface area contributed by atoms with Crippen LogP contribution in [0.25, 0.3) is 5.82 Å². The van der Waals surface area contributed by atoms with Crippen molar-refractivity contribution in [2.45, 2.75) is 34.2 Å². The number of carbonyl (C=O) groups excluding carboxylic acids is 1. The van der Waals surface area contributed by atoms with E-state index in [2.05, 4.69) is 15.3 Å². The van der Waals surface area contributed by atoms with Crippen molar-refractivity contribution in [2.24, 2.45) is 0 Å². The number of nitrogens with zero attached hydrogens (tertiary/aromatic N) is 2. The number of aryl methyl sites for hydroxylation is 1. The fourth-order valence-electron chi connectivity index (χ4n) is 1.69. The monoisotopic (exact) mass is 276 g/mol. The van der Waals surface area contributed by atoms with Gasteiger partial charge in [-0.2, -0.15) is 0 Å². The van der Waals surface area contributed by atoms with Gasteiger partial charge in [0.25, 0.3) is 0 Å². The molecule has 0 unspecified atom stereocenters. The Labute approximate surface area is 117 Å². The molecule has 6 nitrogen and oxygen atoms in total. The summed E-state index contributed by atoms with van der Waals surface area (Å²) in [4.78, 5) is 30.0. The van der Waals surface area contributed by atoms with Gasteiger partial charge in [0.2, 0.25) is 5.91 Å². The Morgan fingerprint density at radius 2 is 2.15 bits per heavy atom. The van der Waals surface area contributed by atoms with Gasteiger partial charge in [-0.3, -0.25) is 14.2 Å². The minimum Gasteiger partial charge on any atom is -0.352 e. The highest BCUT2D eigenvalue weighted by Crippen LogP contribution is 2.08. The lowest BCUT2D eigenvalue weighted by Gasteiger charge is -2.11. The predicted octanol–water partition coefficient (Wildman–Crippen LogP) is 1.53. The van der Waals surface area contributed by atoms with Crippen LogP contribution in [0.3, 0.4) is 0 Å². The zero-order valence-electron chi connectivity index (χ0n) is 12.2. The van der Waals surface area contributed by atoms with Gasteiger partial charge in [-0.1, -0.05) is 13.8 Å². The molecule has 0 spiro atoms. The summed E-state index contributed by atoms with van der Waals surface area (Å²) < 4.78 is 1.71. The fraction of sp³-hybridized carbons (Fsp3) is 0.357. The molecule has 0 aliphatic rings. The Morgan fingerprint density at radius 1 is 1.45 bits per heavy atom. The summed E-state index contributed by atoms with van der Waals surface area (Å²) in [5.74, 6) is 0.456. The van der Waals surface area contributed by atoms with E-state index < -0.39 is 0 Å². The first-order chi connectivity index (χ1) is 9.58. The first-order valence-corrected chi connectivity index (χ1v) is 6.53. The van der Waals surface area contributed by atoms with Gasteiger partial charge in [-0.25, -0.2) is 4.98 Å². The molecular formula is C14H20N4O2. The number of rotatable bonds is 3. The van der Waals surface area contributed by atoms with Crippen LogP contribution >= 0.6 is 0 Å². The van der Waals surface area contributed by atoms with Crippen LogP contribution in [0.1, 0.15) is 32.0 Å². The van der Waals surface area contributed by atoms with Crippen LogP contribution in [0, 0.1) is 6.92 Å². The van der Waals surface area contributed by atoms with Gasteiger partial charge < -0.3 is 10.3 Å². The molecule has 6 heteroatoms. The van der Waals surface area contributed by atoms with Gasteiger partial charge in [-0.05, 0) is 6.92 Å². The number of H-pyrrole nitrogens is 1. The number of carbonyl (C=O) groups is 1. The SMILES string of the molecule is CC.CC(=O)NCc1c(-n2ccnc2)[nH]c(C)cc1=O. The Morgan fingerprint density at radius 3 is 2.70 bits per heavy atom. The van der Waals surface area contributed by atoms with Crippen molar-refractivity contribution < 1.29 is 4.79 Å². The highest BCUT2D eigenvalue weighted by molar-refractivity contribution is 5.72. The molecule has 2 heterocycles. The van der Waals surface area contributed by atoms with Gasteiger partial charge in [-0.15, -0.1) is 0 Å². The zero-order chi connectivity index (χ0) is 15.1. The van der Waals surface area contributed by atoms with Crippen LogP contribution in [0.15, 0.2) is 29.6 Å². The number of hydrogen-bond acceptors (Lipinski definition) is 3. The number of aromatic amines is 1. The minimum atomic E-state index is -0.174.